The van der Waals surface area contributed by atoms with Gasteiger partial charge in [-0.05, 0) is 0 Å². The first-order valence-corrected chi connectivity index (χ1v) is 21.8. The number of rotatable bonds is 16. The van der Waals surface area contributed by atoms with E-state index in [0.29, 0.717) is 22.3 Å². The molecule has 0 saturated heterocycles. The SMILES string of the molecule is OCc1ccccc1OP1(Oc2ccccc2CO)=NPNP(Oc2ccccc2)(Oc2ccccc2CO)(Oc2ccccc2CO)N1Oc1ccccc1. The Balaban J connectivity index is 1.61. The van der Waals surface area contributed by atoms with Crippen LogP contribution in [0.3, 0.4) is 0 Å². The molecule has 6 aromatic carbocycles. The molecular weight excluding hydrogens is 775 g/mol. The number of para-hydroxylation sites is 6. The average molecular weight is 816 g/mol. The molecule has 1 heterocycles. The second kappa shape index (κ2) is 17.4. The Labute approximate surface area is 326 Å². The van der Waals surface area contributed by atoms with E-state index < -0.39 is 50.6 Å². The summed E-state index contributed by atoms with van der Waals surface area (Å²) in [5.41, 5.74) is 1.57. The van der Waals surface area contributed by atoms with Crippen molar-refractivity contribution in [2.24, 2.45) is 4.52 Å². The second-order valence-electron chi connectivity index (χ2n) is 12.1. The Morgan fingerprint density at radius 2 is 0.857 bits per heavy atom. The van der Waals surface area contributed by atoms with Crippen LogP contribution in [0.1, 0.15) is 22.3 Å². The molecule has 5 N–H and O–H groups in total. The quantitative estimate of drug-likeness (QED) is 0.0591. The maximum atomic E-state index is 10.6. The van der Waals surface area contributed by atoms with Gasteiger partial charge in [-0.25, -0.2) is 0 Å². The van der Waals surface area contributed by atoms with Gasteiger partial charge in [-0.3, -0.25) is 0 Å². The van der Waals surface area contributed by atoms with Crippen LogP contribution >= 0.6 is 24.1 Å². The third kappa shape index (κ3) is 8.10. The summed E-state index contributed by atoms with van der Waals surface area (Å²) in [5, 5.41) is 42.3. The number of aliphatic hydroxyl groups is 4. The second-order valence-corrected chi connectivity index (χ2v) is 18.7. The van der Waals surface area contributed by atoms with Gasteiger partial charge >= 0.3 is 327 Å². The molecule has 56 heavy (non-hydrogen) atoms. The fourth-order valence-corrected chi connectivity index (χ4v) is 15.2. The van der Waals surface area contributed by atoms with Gasteiger partial charge in [0, 0.05) is 0 Å². The Hall–Kier alpha value is -5.03. The van der Waals surface area contributed by atoms with Gasteiger partial charge in [0.05, 0.1) is 0 Å². The van der Waals surface area contributed by atoms with Gasteiger partial charge in [-0.2, -0.15) is 0 Å². The number of hydrogen-bond acceptors (Lipinski definition) is 13. The van der Waals surface area contributed by atoms with E-state index in [1.807, 2.05) is 12.1 Å². The molecule has 290 valence electrons. The van der Waals surface area contributed by atoms with Crippen molar-refractivity contribution in [2.75, 3.05) is 0 Å². The predicted molar refractivity (Wildman–Crippen MR) is 216 cm³/mol. The van der Waals surface area contributed by atoms with Crippen LogP contribution in [-0.2, 0) is 26.4 Å². The summed E-state index contributed by atoms with van der Waals surface area (Å²) >= 11 is 0. The predicted octanol–water partition coefficient (Wildman–Crippen LogP) is 8.83. The first kappa shape index (κ1) is 39.2. The molecule has 0 aliphatic carbocycles. The van der Waals surface area contributed by atoms with Gasteiger partial charge in [0.2, 0.25) is 0 Å². The summed E-state index contributed by atoms with van der Waals surface area (Å²) in [6.45, 7) is -1.63. The van der Waals surface area contributed by atoms with Crippen LogP contribution in [0.15, 0.2) is 162 Å². The first-order valence-electron chi connectivity index (χ1n) is 17.4. The van der Waals surface area contributed by atoms with Gasteiger partial charge in [-0.15, -0.1) is 0 Å². The van der Waals surface area contributed by atoms with Crippen LogP contribution in [-0.4, -0.2) is 25.0 Å². The molecule has 6 aromatic rings. The molecule has 1 unspecified atom stereocenters. The van der Waals surface area contributed by atoms with Crippen LogP contribution in [0, 0.1) is 0 Å². The van der Waals surface area contributed by atoms with Crippen LogP contribution < -0.4 is 32.3 Å². The van der Waals surface area contributed by atoms with Crippen molar-refractivity contribution < 1.29 is 47.9 Å². The van der Waals surface area contributed by atoms with E-state index in [1.54, 1.807) is 146 Å². The molecule has 7 rings (SSSR count). The Morgan fingerprint density at radius 3 is 1.30 bits per heavy atom. The minimum atomic E-state index is -5.68. The monoisotopic (exact) mass is 815 g/mol. The third-order valence-corrected chi connectivity index (χ3v) is 16.9. The van der Waals surface area contributed by atoms with Crippen LogP contribution in [0.5, 0.6) is 34.5 Å². The topological polar surface area (TPSA) is 164 Å². The first-order chi connectivity index (χ1) is 27.4. The van der Waals surface area contributed by atoms with Crippen LogP contribution in [0.25, 0.3) is 0 Å². The van der Waals surface area contributed by atoms with E-state index >= 15 is 0 Å². The van der Waals surface area contributed by atoms with Crippen molar-refractivity contribution in [1.29, 1.82) is 0 Å². The zero-order chi connectivity index (χ0) is 38.9. The average Bonchev–Trinajstić information content (AvgIpc) is 3.24. The summed E-state index contributed by atoms with van der Waals surface area (Å²) in [6.07, 6.45) is 0. The Kier molecular flexibility index (Phi) is 12.2. The number of nitrogens with zero attached hydrogens (tertiary/aromatic N) is 2. The van der Waals surface area contributed by atoms with Gasteiger partial charge in [0.25, 0.3) is 0 Å². The summed E-state index contributed by atoms with van der Waals surface area (Å²) < 4.78 is 41.9. The van der Waals surface area contributed by atoms with Gasteiger partial charge in [0.1, 0.15) is 0 Å². The number of nitrogens with one attached hydrogen (secondary N) is 1. The maximum absolute atomic E-state index is 10.6. The van der Waals surface area contributed by atoms with E-state index in [-0.39, 0.29) is 34.5 Å². The molecule has 0 saturated carbocycles. The molecule has 0 amide bonds. The van der Waals surface area contributed by atoms with Crippen molar-refractivity contribution in [3.05, 3.63) is 180 Å². The molecular formula is C40H40N3O10P3. The van der Waals surface area contributed by atoms with Gasteiger partial charge in [-0.1, -0.05) is 0 Å². The van der Waals surface area contributed by atoms with Crippen molar-refractivity contribution >= 4 is 24.1 Å². The van der Waals surface area contributed by atoms with E-state index in [2.05, 4.69) is 4.86 Å². The van der Waals surface area contributed by atoms with Crippen molar-refractivity contribution in [3.8, 4) is 34.5 Å². The Bertz CT molecular complexity index is 2200. The van der Waals surface area contributed by atoms with E-state index in [9.17, 15) is 20.4 Å². The summed E-state index contributed by atoms with van der Waals surface area (Å²) in [7, 11) is -10.6. The summed E-state index contributed by atoms with van der Waals surface area (Å²) in [6, 6.07) is 44.9. The normalized spacial score (nSPS) is 16.7. The van der Waals surface area contributed by atoms with E-state index in [1.165, 1.54) is 4.60 Å². The van der Waals surface area contributed by atoms with E-state index in [0.717, 1.165) is 0 Å². The molecule has 0 spiro atoms. The van der Waals surface area contributed by atoms with Crippen molar-refractivity contribution in [1.82, 2.24) is 9.46 Å². The van der Waals surface area contributed by atoms with Crippen molar-refractivity contribution in [3.63, 3.8) is 0 Å². The molecule has 1 aliphatic rings. The molecule has 0 radical (unpaired) electrons. The molecule has 16 heteroatoms. The summed E-state index contributed by atoms with van der Waals surface area (Å²) in [5.74, 6) is 1.22. The molecule has 0 aromatic heterocycles. The van der Waals surface area contributed by atoms with Crippen LogP contribution in [0.2, 0.25) is 0 Å². The third-order valence-electron chi connectivity index (χ3n) is 8.39. The molecule has 0 bridgehead atoms. The number of aliphatic hydroxyl groups excluding tert-OH is 4. The molecule has 13 nitrogen and oxygen atoms in total. The number of hydrogen-bond donors (Lipinski definition) is 5. The minimum absolute atomic E-state index is 0.149. The fourth-order valence-electron chi connectivity index (χ4n) is 5.67. The zero-order valence-electron chi connectivity index (χ0n) is 29.9. The standard InChI is InChI=1S/C40H40N3O10P3/c44-27-31-15-7-11-23-37(31)49-55(50-38-24-12-8-16-32(38)28-45)41-54-42-56(51-36-21-5-2-6-22-36,43(55)48-35-19-3-1-4-20-35,52-39-25-13-9-17-33(39)29-46)53-40-26-14-10-18-34(40)30-47/h1-26,42,44-47,54H,27-30H2. The molecule has 1 aliphatic heterocycles. The van der Waals surface area contributed by atoms with Gasteiger partial charge in [0.15, 0.2) is 0 Å². The fraction of sp³-hybridized carbons (Fsp3) is 0.100. The summed E-state index contributed by atoms with van der Waals surface area (Å²) in [4.78, 5) is 10.3. The van der Waals surface area contributed by atoms with Crippen LogP contribution in [0.4, 0.5) is 0 Å². The molecule has 1 atom stereocenters. The Morgan fingerprint density at radius 1 is 0.482 bits per heavy atom. The van der Waals surface area contributed by atoms with Crippen molar-refractivity contribution in [2.45, 2.75) is 26.4 Å². The van der Waals surface area contributed by atoms with E-state index in [4.69, 9.17) is 32.0 Å². The molecule has 0 fully saturated rings. The number of benzene rings is 6. The zero-order valence-corrected chi connectivity index (χ0v) is 32.7. The van der Waals surface area contributed by atoms with Gasteiger partial charge < -0.3 is 0 Å².